The van der Waals surface area contributed by atoms with Gasteiger partial charge in [-0.1, -0.05) is 24.3 Å². The molecule has 0 unspecified atom stereocenters. The summed E-state index contributed by atoms with van der Waals surface area (Å²) >= 11 is 0. The van der Waals surface area contributed by atoms with Crippen LogP contribution in [0.5, 0.6) is 5.75 Å². The van der Waals surface area contributed by atoms with Gasteiger partial charge in [0.25, 0.3) is 0 Å². The molecule has 2 aromatic rings. The number of hydrogen-bond donors (Lipinski definition) is 1. The van der Waals surface area contributed by atoms with Gasteiger partial charge in [0.05, 0.1) is 12.3 Å². The standard InChI is InChI=1S/C20H23FN2O3/c21-17-7-2-3-8-18(17)23-13-11-22(12-14-23)10-5-15-26-19-9-4-1-6-16(19)20(24)25/h1-4,6-9H,5,10-15H2,(H,24,25). The average molecular weight is 358 g/mol. The second kappa shape index (κ2) is 8.67. The van der Waals surface area contributed by atoms with Crippen LogP contribution < -0.4 is 9.64 Å². The molecule has 2 aromatic carbocycles. The smallest absolute Gasteiger partial charge is 0.339 e. The lowest BCUT2D eigenvalue weighted by Crippen LogP contribution is -2.47. The number of ether oxygens (including phenoxy) is 1. The Labute approximate surface area is 152 Å². The van der Waals surface area contributed by atoms with E-state index < -0.39 is 5.97 Å². The minimum absolute atomic E-state index is 0.175. The number of aromatic carboxylic acids is 1. The lowest BCUT2D eigenvalue weighted by atomic mass is 10.2. The van der Waals surface area contributed by atoms with Crippen LogP contribution in [0.3, 0.4) is 0 Å². The fraction of sp³-hybridized carbons (Fsp3) is 0.350. The molecule has 0 amide bonds. The number of para-hydroxylation sites is 2. The fourth-order valence-electron chi connectivity index (χ4n) is 3.16. The Morgan fingerprint density at radius 1 is 1.04 bits per heavy atom. The van der Waals surface area contributed by atoms with Crippen LogP contribution in [0.15, 0.2) is 48.5 Å². The second-order valence-electron chi connectivity index (χ2n) is 6.28. The molecule has 1 heterocycles. The van der Waals surface area contributed by atoms with Crippen molar-refractivity contribution in [2.45, 2.75) is 6.42 Å². The molecule has 5 nitrogen and oxygen atoms in total. The molecule has 1 N–H and O–H groups in total. The molecule has 138 valence electrons. The van der Waals surface area contributed by atoms with Gasteiger partial charge >= 0.3 is 5.97 Å². The molecular formula is C20H23FN2O3. The van der Waals surface area contributed by atoms with Crippen LogP contribution in [0.2, 0.25) is 0 Å². The third-order valence-corrected chi connectivity index (χ3v) is 4.56. The van der Waals surface area contributed by atoms with Gasteiger partial charge in [-0.25, -0.2) is 9.18 Å². The van der Waals surface area contributed by atoms with Crippen LogP contribution in [-0.4, -0.2) is 55.3 Å². The van der Waals surface area contributed by atoms with Gasteiger partial charge in [0.1, 0.15) is 17.1 Å². The summed E-state index contributed by atoms with van der Waals surface area (Å²) in [6, 6.07) is 13.5. The molecule has 0 spiro atoms. The summed E-state index contributed by atoms with van der Waals surface area (Å²) < 4.78 is 19.5. The van der Waals surface area contributed by atoms with E-state index in [2.05, 4.69) is 9.80 Å². The topological polar surface area (TPSA) is 53.0 Å². The Hall–Kier alpha value is -2.60. The maximum atomic E-state index is 13.9. The normalized spacial score (nSPS) is 15.0. The molecule has 6 heteroatoms. The molecule has 26 heavy (non-hydrogen) atoms. The van der Waals surface area contributed by atoms with Crippen molar-refractivity contribution in [2.75, 3.05) is 44.2 Å². The zero-order chi connectivity index (χ0) is 18.4. The Morgan fingerprint density at radius 2 is 1.73 bits per heavy atom. The van der Waals surface area contributed by atoms with E-state index in [9.17, 15) is 9.18 Å². The van der Waals surface area contributed by atoms with Gasteiger partial charge in [0.15, 0.2) is 0 Å². The summed E-state index contributed by atoms with van der Waals surface area (Å²) in [5.74, 6) is -0.749. The minimum Gasteiger partial charge on any atom is -0.493 e. The first-order chi connectivity index (χ1) is 12.6. The van der Waals surface area contributed by atoms with Gasteiger partial charge in [-0.2, -0.15) is 0 Å². The van der Waals surface area contributed by atoms with E-state index in [-0.39, 0.29) is 11.4 Å². The number of carboxylic acid groups (broad SMARTS) is 1. The van der Waals surface area contributed by atoms with Crippen molar-refractivity contribution in [1.82, 2.24) is 4.90 Å². The zero-order valence-electron chi connectivity index (χ0n) is 14.6. The number of halogens is 1. The zero-order valence-corrected chi connectivity index (χ0v) is 14.6. The Morgan fingerprint density at radius 3 is 2.46 bits per heavy atom. The van der Waals surface area contributed by atoms with Crippen molar-refractivity contribution in [3.63, 3.8) is 0 Å². The maximum Gasteiger partial charge on any atom is 0.339 e. The highest BCUT2D eigenvalue weighted by Crippen LogP contribution is 2.20. The van der Waals surface area contributed by atoms with Crippen molar-refractivity contribution in [2.24, 2.45) is 0 Å². The van der Waals surface area contributed by atoms with Crippen LogP contribution in [0.4, 0.5) is 10.1 Å². The second-order valence-corrected chi connectivity index (χ2v) is 6.28. The SMILES string of the molecule is O=C(O)c1ccccc1OCCCN1CCN(c2ccccc2F)CC1. The van der Waals surface area contributed by atoms with E-state index in [1.807, 2.05) is 12.1 Å². The lowest BCUT2D eigenvalue weighted by molar-refractivity contribution is 0.0692. The number of rotatable bonds is 7. The summed E-state index contributed by atoms with van der Waals surface area (Å²) in [6.45, 7) is 4.69. The molecule has 1 aliphatic heterocycles. The third-order valence-electron chi connectivity index (χ3n) is 4.56. The third kappa shape index (κ3) is 4.52. The monoisotopic (exact) mass is 358 g/mol. The van der Waals surface area contributed by atoms with Crippen molar-refractivity contribution in [1.29, 1.82) is 0 Å². The van der Waals surface area contributed by atoms with Gasteiger partial charge in [0.2, 0.25) is 0 Å². The summed E-state index contributed by atoms with van der Waals surface area (Å²) in [6.07, 6.45) is 0.813. The quantitative estimate of drug-likeness (QED) is 0.771. The number of benzene rings is 2. The van der Waals surface area contributed by atoms with Crippen LogP contribution >= 0.6 is 0 Å². The molecule has 1 saturated heterocycles. The predicted molar refractivity (Wildman–Crippen MR) is 98.6 cm³/mol. The number of piperazine rings is 1. The summed E-state index contributed by atoms with van der Waals surface area (Å²) in [4.78, 5) is 15.6. The van der Waals surface area contributed by atoms with Crippen molar-refractivity contribution in [3.8, 4) is 5.75 Å². The Kier molecular flexibility index (Phi) is 6.07. The Balaban J connectivity index is 1.41. The fourth-order valence-corrected chi connectivity index (χ4v) is 3.16. The molecule has 0 saturated carbocycles. The van der Waals surface area contributed by atoms with E-state index in [1.165, 1.54) is 6.07 Å². The number of anilines is 1. The van der Waals surface area contributed by atoms with Gasteiger partial charge in [-0.15, -0.1) is 0 Å². The lowest BCUT2D eigenvalue weighted by Gasteiger charge is -2.36. The molecule has 0 bridgehead atoms. The molecule has 0 aromatic heterocycles. The molecule has 0 radical (unpaired) electrons. The number of hydrogen-bond acceptors (Lipinski definition) is 4. The van der Waals surface area contributed by atoms with Crippen LogP contribution in [0.1, 0.15) is 16.8 Å². The first kappa shape index (κ1) is 18.2. The molecule has 0 atom stereocenters. The van der Waals surface area contributed by atoms with Crippen LogP contribution in [-0.2, 0) is 0 Å². The molecule has 3 rings (SSSR count). The summed E-state index contributed by atoms with van der Waals surface area (Å²) in [7, 11) is 0. The molecular weight excluding hydrogens is 335 g/mol. The minimum atomic E-state index is -0.982. The number of carboxylic acids is 1. The predicted octanol–water partition coefficient (Wildman–Crippen LogP) is 3.12. The van der Waals surface area contributed by atoms with Crippen molar-refractivity contribution >= 4 is 11.7 Å². The van der Waals surface area contributed by atoms with Gasteiger partial charge in [-0.05, 0) is 30.7 Å². The average Bonchev–Trinajstić information content (AvgIpc) is 2.66. The number of nitrogens with zero attached hydrogens (tertiary/aromatic N) is 2. The first-order valence-corrected chi connectivity index (χ1v) is 8.82. The highest BCUT2D eigenvalue weighted by atomic mass is 19.1. The van der Waals surface area contributed by atoms with E-state index in [1.54, 1.807) is 30.3 Å². The van der Waals surface area contributed by atoms with E-state index in [0.29, 0.717) is 18.0 Å². The van der Waals surface area contributed by atoms with E-state index >= 15 is 0 Å². The van der Waals surface area contributed by atoms with E-state index in [0.717, 1.165) is 39.1 Å². The van der Waals surface area contributed by atoms with Crippen molar-refractivity contribution < 1.29 is 19.0 Å². The van der Waals surface area contributed by atoms with Gasteiger partial charge < -0.3 is 14.7 Å². The van der Waals surface area contributed by atoms with Gasteiger partial charge in [0, 0.05) is 32.7 Å². The van der Waals surface area contributed by atoms with Crippen LogP contribution in [0.25, 0.3) is 0 Å². The largest absolute Gasteiger partial charge is 0.493 e. The first-order valence-electron chi connectivity index (χ1n) is 8.82. The summed E-state index contributed by atoms with van der Waals surface area (Å²) in [5, 5.41) is 9.14. The van der Waals surface area contributed by atoms with Gasteiger partial charge in [-0.3, -0.25) is 4.90 Å². The highest BCUT2D eigenvalue weighted by Gasteiger charge is 2.19. The highest BCUT2D eigenvalue weighted by molar-refractivity contribution is 5.90. The van der Waals surface area contributed by atoms with Crippen LogP contribution in [0, 0.1) is 5.82 Å². The van der Waals surface area contributed by atoms with E-state index in [4.69, 9.17) is 9.84 Å². The summed E-state index contributed by atoms with van der Waals surface area (Å²) in [5.41, 5.74) is 0.853. The maximum absolute atomic E-state index is 13.9. The van der Waals surface area contributed by atoms with Crippen molar-refractivity contribution in [3.05, 3.63) is 59.9 Å². The Bertz CT molecular complexity index is 745. The molecule has 0 aliphatic carbocycles. The number of carbonyl (C=O) groups is 1. The molecule has 1 fully saturated rings. The molecule has 1 aliphatic rings.